The number of nitrogens with one attached hydrogen (secondary N) is 2. The van der Waals surface area contributed by atoms with E-state index in [2.05, 4.69) is 57.8 Å². The van der Waals surface area contributed by atoms with Gasteiger partial charge in [-0.1, -0.05) is 38.2 Å². The number of aryl methyl sites for hydroxylation is 1. The minimum atomic E-state index is 0.235. The van der Waals surface area contributed by atoms with E-state index >= 15 is 0 Å². The molecule has 0 aromatic carbocycles. The van der Waals surface area contributed by atoms with Crippen LogP contribution in [0.5, 0.6) is 0 Å². The molecule has 1 aromatic heterocycles. The average Bonchev–Trinajstić information content (AvgIpc) is 2.86. The van der Waals surface area contributed by atoms with Crippen molar-refractivity contribution < 1.29 is 0 Å². The van der Waals surface area contributed by atoms with E-state index in [1.165, 1.54) is 11.3 Å². The van der Waals surface area contributed by atoms with Gasteiger partial charge in [0.2, 0.25) is 0 Å². The zero-order valence-corrected chi connectivity index (χ0v) is 11.9. The first kappa shape index (κ1) is 13.3. The molecule has 4 nitrogen and oxygen atoms in total. The summed E-state index contributed by atoms with van der Waals surface area (Å²) in [5, 5.41) is 10.5. The van der Waals surface area contributed by atoms with Crippen molar-refractivity contribution in [2.45, 2.75) is 33.7 Å². The molecule has 0 bridgehead atoms. The Balaban J connectivity index is 0.000000637. The first-order chi connectivity index (χ1) is 9.24. The summed E-state index contributed by atoms with van der Waals surface area (Å²) in [6.45, 7) is 7.97. The van der Waals surface area contributed by atoms with Gasteiger partial charge in [0.1, 0.15) is 5.82 Å². The van der Waals surface area contributed by atoms with Gasteiger partial charge in [0.05, 0.1) is 6.04 Å². The maximum Gasteiger partial charge on any atom is 0.181 e. The Morgan fingerprint density at radius 3 is 2.58 bits per heavy atom. The number of hydrogen-bond donors (Lipinski definition) is 2. The fraction of sp³-hybridized carbons (Fsp3) is 0.333. The van der Waals surface area contributed by atoms with E-state index in [0.29, 0.717) is 0 Å². The van der Waals surface area contributed by atoms with Crippen LogP contribution in [0.2, 0.25) is 0 Å². The quantitative estimate of drug-likeness (QED) is 0.812. The Morgan fingerprint density at radius 1 is 1.11 bits per heavy atom. The van der Waals surface area contributed by atoms with Crippen LogP contribution in [0.4, 0.5) is 0 Å². The highest BCUT2D eigenvalue weighted by atomic mass is 15.2. The van der Waals surface area contributed by atoms with E-state index in [0.717, 1.165) is 17.2 Å². The molecule has 2 N–H and O–H groups in total. The molecule has 3 rings (SSSR count). The van der Waals surface area contributed by atoms with Crippen molar-refractivity contribution in [3.63, 3.8) is 0 Å². The zero-order chi connectivity index (χ0) is 13.8. The third kappa shape index (κ3) is 2.67. The Bertz CT molecular complexity index is 573. The highest BCUT2D eigenvalue weighted by molar-refractivity contribution is 5.81. The summed E-state index contributed by atoms with van der Waals surface area (Å²) in [7, 11) is 0. The summed E-state index contributed by atoms with van der Waals surface area (Å²) >= 11 is 0. The lowest BCUT2D eigenvalue weighted by Gasteiger charge is -2.26. The molecule has 0 spiro atoms. The van der Waals surface area contributed by atoms with Crippen molar-refractivity contribution >= 4 is 5.57 Å². The Morgan fingerprint density at radius 2 is 1.89 bits per heavy atom. The second-order valence-corrected chi connectivity index (χ2v) is 4.30. The van der Waals surface area contributed by atoms with Gasteiger partial charge in [0.15, 0.2) is 5.82 Å². The summed E-state index contributed by atoms with van der Waals surface area (Å²) in [6.07, 6.45) is 10.5. The number of H-pyrrole nitrogens is 1. The average molecular weight is 256 g/mol. The number of dihydropyridines is 1. The van der Waals surface area contributed by atoms with Gasteiger partial charge < -0.3 is 5.32 Å². The van der Waals surface area contributed by atoms with Gasteiger partial charge in [-0.3, -0.25) is 5.10 Å². The molecule has 0 saturated heterocycles. The largest absolute Gasteiger partial charge is 0.378 e. The second-order valence-electron chi connectivity index (χ2n) is 4.30. The molecule has 1 aliphatic carbocycles. The Hall–Kier alpha value is -2.10. The van der Waals surface area contributed by atoms with Crippen LogP contribution in [0.1, 0.15) is 32.4 Å². The first-order valence-electron chi connectivity index (χ1n) is 6.67. The fourth-order valence-corrected chi connectivity index (χ4v) is 2.12. The number of allylic oxidation sites excluding steroid dienone is 5. The van der Waals surface area contributed by atoms with Crippen molar-refractivity contribution in [2.75, 3.05) is 0 Å². The van der Waals surface area contributed by atoms with Gasteiger partial charge in [-0.15, -0.1) is 0 Å². The lowest BCUT2D eigenvalue weighted by Crippen LogP contribution is -2.31. The minimum absolute atomic E-state index is 0.235. The number of fused-ring (bicyclic) bond motifs is 1. The standard InChI is InChI=1S/C13H14N4.C2H6/c1-8-6-7-10-11(4-3-5-12(10)14-8)13-15-9(2)16-17-13;1-2/h3-7,12,14H,1-2H3,(H,15,16,17);1-2H3. The third-order valence-corrected chi connectivity index (χ3v) is 2.95. The predicted molar refractivity (Wildman–Crippen MR) is 78.3 cm³/mol. The number of aromatic nitrogens is 3. The molecule has 1 aromatic rings. The van der Waals surface area contributed by atoms with Crippen molar-refractivity contribution in [2.24, 2.45) is 0 Å². The smallest absolute Gasteiger partial charge is 0.181 e. The van der Waals surface area contributed by atoms with Crippen LogP contribution < -0.4 is 5.32 Å². The lowest BCUT2D eigenvalue weighted by atomic mass is 9.90. The summed E-state index contributed by atoms with van der Waals surface area (Å²) in [5.41, 5.74) is 3.48. The van der Waals surface area contributed by atoms with Crippen molar-refractivity contribution in [3.8, 4) is 0 Å². The molecule has 0 amide bonds. The fourth-order valence-electron chi connectivity index (χ4n) is 2.12. The molecule has 2 heterocycles. The molecule has 1 aliphatic heterocycles. The van der Waals surface area contributed by atoms with E-state index in [4.69, 9.17) is 0 Å². The van der Waals surface area contributed by atoms with Crippen LogP contribution in [0.25, 0.3) is 5.57 Å². The topological polar surface area (TPSA) is 53.6 Å². The first-order valence-corrected chi connectivity index (χ1v) is 6.67. The second kappa shape index (κ2) is 5.69. The van der Waals surface area contributed by atoms with E-state index in [1.807, 2.05) is 20.8 Å². The van der Waals surface area contributed by atoms with Crippen molar-refractivity contribution in [3.05, 3.63) is 53.3 Å². The summed E-state index contributed by atoms with van der Waals surface area (Å²) < 4.78 is 0. The van der Waals surface area contributed by atoms with Crippen LogP contribution in [0.3, 0.4) is 0 Å². The SMILES string of the molecule is CC.CC1=CC=C2C(c3n[nH]c(C)n3)=CC=CC2N1. The maximum absolute atomic E-state index is 4.39. The third-order valence-electron chi connectivity index (χ3n) is 2.95. The van der Waals surface area contributed by atoms with Gasteiger partial charge in [0, 0.05) is 11.3 Å². The van der Waals surface area contributed by atoms with Crippen LogP contribution >= 0.6 is 0 Å². The number of hydrogen-bond acceptors (Lipinski definition) is 3. The maximum atomic E-state index is 4.39. The Kier molecular flexibility index (Phi) is 4.00. The molecular weight excluding hydrogens is 236 g/mol. The molecule has 0 fully saturated rings. The summed E-state index contributed by atoms with van der Waals surface area (Å²) in [6, 6.07) is 0.235. The molecule has 1 atom stereocenters. The highest BCUT2D eigenvalue weighted by Gasteiger charge is 2.23. The van der Waals surface area contributed by atoms with Gasteiger partial charge in [-0.05, 0) is 25.5 Å². The molecular formula is C15H20N4. The number of nitrogens with zero attached hydrogens (tertiary/aromatic N) is 2. The van der Waals surface area contributed by atoms with Crippen LogP contribution in [-0.4, -0.2) is 21.2 Å². The Labute approximate surface area is 114 Å². The van der Waals surface area contributed by atoms with Gasteiger partial charge >= 0.3 is 0 Å². The molecule has 19 heavy (non-hydrogen) atoms. The number of rotatable bonds is 1. The molecule has 2 aliphatic rings. The zero-order valence-electron chi connectivity index (χ0n) is 11.9. The van der Waals surface area contributed by atoms with E-state index in [1.54, 1.807) is 0 Å². The summed E-state index contributed by atoms with van der Waals surface area (Å²) in [5.74, 6) is 1.60. The van der Waals surface area contributed by atoms with E-state index in [9.17, 15) is 0 Å². The van der Waals surface area contributed by atoms with Gasteiger partial charge in [-0.25, -0.2) is 4.98 Å². The van der Waals surface area contributed by atoms with Gasteiger partial charge in [0.25, 0.3) is 0 Å². The van der Waals surface area contributed by atoms with E-state index < -0.39 is 0 Å². The molecule has 0 saturated carbocycles. The summed E-state index contributed by atoms with van der Waals surface area (Å²) in [4.78, 5) is 4.39. The van der Waals surface area contributed by atoms with Crippen molar-refractivity contribution in [1.29, 1.82) is 0 Å². The minimum Gasteiger partial charge on any atom is -0.378 e. The van der Waals surface area contributed by atoms with Gasteiger partial charge in [-0.2, -0.15) is 5.10 Å². The van der Waals surface area contributed by atoms with Crippen LogP contribution in [-0.2, 0) is 0 Å². The monoisotopic (exact) mass is 256 g/mol. The molecule has 1 unspecified atom stereocenters. The molecule has 0 radical (unpaired) electrons. The normalized spacial score (nSPS) is 20.2. The molecule has 100 valence electrons. The van der Waals surface area contributed by atoms with E-state index in [-0.39, 0.29) is 6.04 Å². The van der Waals surface area contributed by atoms with Crippen molar-refractivity contribution in [1.82, 2.24) is 20.5 Å². The highest BCUT2D eigenvalue weighted by Crippen LogP contribution is 2.29. The molecule has 4 heteroatoms. The predicted octanol–water partition coefficient (Wildman–Crippen LogP) is 2.89. The van der Waals surface area contributed by atoms with Crippen LogP contribution in [0, 0.1) is 6.92 Å². The van der Waals surface area contributed by atoms with Crippen LogP contribution in [0.15, 0.2) is 41.7 Å². The lowest BCUT2D eigenvalue weighted by molar-refractivity contribution is 0.749. The number of aromatic amines is 1.